The van der Waals surface area contributed by atoms with Crippen molar-refractivity contribution in [2.75, 3.05) is 37.0 Å². The minimum atomic E-state index is -0.240. The van der Waals surface area contributed by atoms with Gasteiger partial charge in [-0.2, -0.15) is 4.37 Å². The van der Waals surface area contributed by atoms with Crippen molar-refractivity contribution >= 4 is 34.2 Å². The van der Waals surface area contributed by atoms with Gasteiger partial charge in [-0.15, -0.1) is 11.6 Å². The summed E-state index contributed by atoms with van der Waals surface area (Å²) in [6.45, 7) is 3.11. The number of halogens is 2. The van der Waals surface area contributed by atoms with Gasteiger partial charge in [-0.1, -0.05) is 12.1 Å². The maximum absolute atomic E-state index is 13.0. The summed E-state index contributed by atoms with van der Waals surface area (Å²) in [5.41, 5.74) is 0.989. The first kappa shape index (κ1) is 19.0. The maximum Gasteiger partial charge on any atom is 0.222 e. The van der Waals surface area contributed by atoms with Crippen LogP contribution in [0.1, 0.15) is 30.7 Å². The van der Waals surface area contributed by atoms with Crippen LogP contribution in [0.2, 0.25) is 0 Å². The van der Waals surface area contributed by atoms with Crippen molar-refractivity contribution in [3.05, 3.63) is 41.5 Å². The van der Waals surface area contributed by atoms with Gasteiger partial charge in [-0.05, 0) is 30.5 Å². The molecular weight excluding hydrogens is 375 g/mol. The predicted molar refractivity (Wildman–Crippen MR) is 102 cm³/mol. The Morgan fingerprint density at radius 1 is 1.19 bits per heavy atom. The Hall–Kier alpha value is -1.73. The maximum atomic E-state index is 13.0. The van der Waals surface area contributed by atoms with E-state index < -0.39 is 0 Å². The van der Waals surface area contributed by atoms with E-state index in [4.69, 9.17) is 11.6 Å². The number of carbonyl (C=O) groups is 1. The second-order valence-corrected chi connectivity index (χ2v) is 7.42. The van der Waals surface area contributed by atoms with Gasteiger partial charge in [0, 0.05) is 56.4 Å². The number of alkyl halides is 1. The second-order valence-electron chi connectivity index (χ2n) is 6.31. The van der Waals surface area contributed by atoms with Gasteiger partial charge in [0.2, 0.25) is 11.0 Å². The molecule has 0 bridgehead atoms. The lowest BCUT2D eigenvalue weighted by Gasteiger charge is -2.21. The number of nitrogens with zero attached hydrogens (tertiary/aromatic N) is 4. The van der Waals surface area contributed by atoms with Gasteiger partial charge in [0.15, 0.2) is 0 Å². The fourth-order valence-electron chi connectivity index (χ4n) is 2.96. The first-order valence-corrected chi connectivity index (χ1v) is 10.1. The summed E-state index contributed by atoms with van der Waals surface area (Å²) in [6.07, 6.45) is 2.75. The summed E-state index contributed by atoms with van der Waals surface area (Å²) in [6, 6.07) is 6.42. The highest BCUT2D eigenvalue weighted by molar-refractivity contribution is 7.09. The van der Waals surface area contributed by atoms with E-state index in [1.165, 1.54) is 23.7 Å². The van der Waals surface area contributed by atoms with Crippen LogP contribution in [-0.4, -0.2) is 52.2 Å². The third kappa shape index (κ3) is 5.14. The molecule has 1 aliphatic rings. The fourth-order valence-corrected chi connectivity index (χ4v) is 3.83. The Morgan fingerprint density at radius 2 is 2.00 bits per heavy atom. The van der Waals surface area contributed by atoms with Gasteiger partial charge in [-0.3, -0.25) is 4.79 Å². The molecule has 1 amide bonds. The van der Waals surface area contributed by atoms with Crippen LogP contribution in [0.4, 0.5) is 9.52 Å². The van der Waals surface area contributed by atoms with Crippen molar-refractivity contribution in [1.82, 2.24) is 14.3 Å². The molecule has 1 aromatic heterocycles. The molecule has 3 rings (SSSR count). The SMILES string of the molecule is O=C(CCCCl)N1CCCN(c2nc(Cc3ccc(F)cc3)ns2)CC1. The highest BCUT2D eigenvalue weighted by Crippen LogP contribution is 2.21. The van der Waals surface area contributed by atoms with E-state index in [1.54, 1.807) is 12.1 Å². The summed E-state index contributed by atoms with van der Waals surface area (Å²) in [7, 11) is 0. The monoisotopic (exact) mass is 396 g/mol. The summed E-state index contributed by atoms with van der Waals surface area (Å²) >= 11 is 7.06. The number of hydrogen-bond donors (Lipinski definition) is 0. The van der Waals surface area contributed by atoms with E-state index in [0.29, 0.717) is 25.3 Å². The van der Waals surface area contributed by atoms with Gasteiger partial charge in [0.25, 0.3) is 0 Å². The first-order valence-electron chi connectivity index (χ1n) is 8.81. The second kappa shape index (κ2) is 9.28. The number of benzene rings is 1. The van der Waals surface area contributed by atoms with E-state index in [1.807, 2.05) is 4.90 Å². The number of rotatable bonds is 6. The van der Waals surface area contributed by atoms with Crippen molar-refractivity contribution in [3.63, 3.8) is 0 Å². The average Bonchev–Trinajstić information content (AvgIpc) is 2.96. The lowest BCUT2D eigenvalue weighted by Crippen LogP contribution is -2.35. The normalized spacial score (nSPS) is 15.2. The van der Waals surface area contributed by atoms with Gasteiger partial charge in [0.05, 0.1) is 0 Å². The summed E-state index contributed by atoms with van der Waals surface area (Å²) in [5.74, 6) is 1.21. The average molecular weight is 397 g/mol. The predicted octanol–water partition coefficient (Wildman–Crippen LogP) is 3.33. The Morgan fingerprint density at radius 3 is 2.77 bits per heavy atom. The molecule has 8 heteroatoms. The summed E-state index contributed by atoms with van der Waals surface area (Å²) < 4.78 is 17.4. The van der Waals surface area contributed by atoms with Crippen molar-refractivity contribution < 1.29 is 9.18 Å². The van der Waals surface area contributed by atoms with E-state index >= 15 is 0 Å². The minimum absolute atomic E-state index is 0.182. The lowest BCUT2D eigenvalue weighted by atomic mass is 10.1. The van der Waals surface area contributed by atoms with Crippen LogP contribution in [-0.2, 0) is 11.2 Å². The molecule has 1 fully saturated rings. The van der Waals surface area contributed by atoms with E-state index in [2.05, 4.69) is 14.3 Å². The smallest absolute Gasteiger partial charge is 0.222 e. The molecule has 2 aromatic rings. The first-order chi connectivity index (χ1) is 12.7. The van der Waals surface area contributed by atoms with E-state index in [9.17, 15) is 9.18 Å². The zero-order valence-corrected chi connectivity index (χ0v) is 16.1. The van der Waals surface area contributed by atoms with E-state index in [-0.39, 0.29) is 11.7 Å². The highest BCUT2D eigenvalue weighted by Gasteiger charge is 2.21. The molecule has 0 aliphatic carbocycles. The molecule has 0 radical (unpaired) electrons. The number of hydrogen-bond acceptors (Lipinski definition) is 5. The third-order valence-electron chi connectivity index (χ3n) is 4.38. The number of anilines is 1. The van der Waals surface area contributed by atoms with Gasteiger partial charge < -0.3 is 9.80 Å². The topological polar surface area (TPSA) is 49.3 Å². The Balaban J connectivity index is 1.57. The summed E-state index contributed by atoms with van der Waals surface area (Å²) in [5, 5.41) is 0.886. The molecule has 0 saturated carbocycles. The van der Waals surface area contributed by atoms with Crippen molar-refractivity contribution in [2.24, 2.45) is 0 Å². The number of amides is 1. The van der Waals surface area contributed by atoms with E-state index in [0.717, 1.165) is 49.0 Å². The fraction of sp³-hybridized carbons (Fsp3) is 0.500. The lowest BCUT2D eigenvalue weighted by molar-refractivity contribution is -0.131. The van der Waals surface area contributed by atoms with Gasteiger partial charge in [-0.25, -0.2) is 9.37 Å². The standard InChI is InChI=1S/C18H22ClFN4OS/c19-8-1-3-17(25)23-9-2-10-24(12-11-23)18-21-16(22-26-18)13-14-4-6-15(20)7-5-14/h4-7H,1-3,8-13H2. The molecule has 0 N–H and O–H groups in total. The third-order valence-corrected chi connectivity index (χ3v) is 5.46. The molecule has 26 heavy (non-hydrogen) atoms. The molecular formula is C18H22ClFN4OS. The van der Waals surface area contributed by atoms with Crippen molar-refractivity contribution in [1.29, 1.82) is 0 Å². The molecule has 0 unspecified atom stereocenters. The van der Waals surface area contributed by atoms with Crippen LogP contribution in [0.15, 0.2) is 24.3 Å². The Bertz CT molecular complexity index is 724. The van der Waals surface area contributed by atoms with Gasteiger partial charge in [0.1, 0.15) is 11.6 Å². The Kier molecular flexibility index (Phi) is 6.80. The molecule has 1 saturated heterocycles. The highest BCUT2D eigenvalue weighted by atomic mass is 35.5. The molecule has 2 heterocycles. The van der Waals surface area contributed by atoms with Crippen LogP contribution in [0, 0.1) is 5.82 Å². The Labute approximate surface area is 162 Å². The van der Waals surface area contributed by atoms with Crippen molar-refractivity contribution in [3.8, 4) is 0 Å². The number of carbonyl (C=O) groups excluding carboxylic acids is 1. The van der Waals surface area contributed by atoms with Gasteiger partial charge >= 0.3 is 0 Å². The molecule has 0 spiro atoms. The largest absolute Gasteiger partial charge is 0.345 e. The van der Waals surface area contributed by atoms with Crippen molar-refractivity contribution in [2.45, 2.75) is 25.7 Å². The van der Waals surface area contributed by atoms with Crippen LogP contribution in [0.25, 0.3) is 0 Å². The van der Waals surface area contributed by atoms with Crippen LogP contribution >= 0.6 is 23.1 Å². The minimum Gasteiger partial charge on any atom is -0.345 e. The zero-order chi connectivity index (χ0) is 18.4. The van der Waals surface area contributed by atoms with Crippen LogP contribution in [0.3, 0.4) is 0 Å². The van der Waals surface area contributed by atoms with Crippen LogP contribution < -0.4 is 4.90 Å². The number of aromatic nitrogens is 2. The zero-order valence-electron chi connectivity index (χ0n) is 14.5. The molecule has 0 atom stereocenters. The molecule has 5 nitrogen and oxygen atoms in total. The molecule has 1 aromatic carbocycles. The molecule has 1 aliphatic heterocycles. The quantitative estimate of drug-likeness (QED) is 0.703. The summed E-state index contributed by atoms with van der Waals surface area (Å²) in [4.78, 5) is 20.9. The van der Waals surface area contributed by atoms with Crippen LogP contribution in [0.5, 0.6) is 0 Å². The molecule has 140 valence electrons.